The van der Waals surface area contributed by atoms with Crippen molar-refractivity contribution in [1.29, 1.82) is 0 Å². The number of carbonyl (C=O) groups excluding carboxylic acids is 1. The lowest BCUT2D eigenvalue weighted by molar-refractivity contribution is -0.143. The lowest BCUT2D eigenvalue weighted by Gasteiger charge is -2.21. The Morgan fingerprint density at radius 1 is 1.25 bits per heavy atom. The fourth-order valence-corrected chi connectivity index (χ4v) is 2.42. The fourth-order valence-electron chi connectivity index (χ4n) is 1.14. The molecule has 0 bridgehead atoms. The van der Waals surface area contributed by atoms with Crippen LogP contribution < -0.4 is 0 Å². The Labute approximate surface area is 95.2 Å². The minimum Gasteiger partial charge on any atom is -0.480 e. The van der Waals surface area contributed by atoms with Crippen molar-refractivity contribution in [3.63, 3.8) is 0 Å². The number of hydrogen-bond donors (Lipinski definition) is 1. The summed E-state index contributed by atoms with van der Waals surface area (Å²) >= 11 is 0. The molecule has 0 fully saturated rings. The lowest BCUT2D eigenvalue weighted by atomic mass is 10.4. The summed E-state index contributed by atoms with van der Waals surface area (Å²) in [6.45, 7) is 3.74. The predicted molar refractivity (Wildman–Crippen MR) is 58.8 cm³/mol. The molecule has 0 rings (SSSR count). The molecule has 0 spiro atoms. The molecule has 0 aromatic carbocycles. The highest BCUT2D eigenvalue weighted by molar-refractivity contribution is 7.93. The number of rotatable bonds is 5. The summed E-state index contributed by atoms with van der Waals surface area (Å²) in [6.07, 6.45) is 0. The summed E-state index contributed by atoms with van der Waals surface area (Å²) in [7, 11) is -2.27. The van der Waals surface area contributed by atoms with Gasteiger partial charge in [-0.2, -0.15) is 0 Å². The molecule has 0 saturated heterocycles. The van der Waals surface area contributed by atoms with E-state index in [0.717, 1.165) is 4.90 Å². The van der Waals surface area contributed by atoms with Crippen molar-refractivity contribution in [2.24, 2.45) is 0 Å². The highest BCUT2D eigenvalue weighted by Crippen LogP contribution is 2.11. The lowest BCUT2D eigenvalue weighted by Crippen LogP contribution is -2.43. The van der Waals surface area contributed by atoms with Gasteiger partial charge in [0, 0.05) is 7.05 Å². The summed E-state index contributed by atoms with van der Waals surface area (Å²) in [5.74, 6) is -1.87. The number of likely N-dealkylation sites (N-methyl/N-ethyl adjacent to an activating group) is 1. The minimum absolute atomic E-state index is 0.503. The number of hydrogen-bond acceptors (Lipinski definition) is 4. The van der Waals surface area contributed by atoms with Gasteiger partial charge >= 0.3 is 5.97 Å². The average molecular weight is 251 g/mol. The Morgan fingerprint density at radius 3 is 2.00 bits per heavy atom. The fraction of sp³-hybridized carbons (Fsp3) is 0.778. The number of aliphatic carboxylic acids is 1. The first-order valence-electron chi connectivity index (χ1n) is 4.80. The van der Waals surface area contributed by atoms with Crippen molar-refractivity contribution in [3.05, 3.63) is 0 Å². The van der Waals surface area contributed by atoms with E-state index in [4.69, 9.17) is 5.11 Å². The van der Waals surface area contributed by atoms with Crippen LogP contribution in [0, 0.1) is 0 Å². The molecule has 1 unspecified atom stereocenters. The van der Waals surface area contributed by atoms with Crippen molar-refractivity contribution in [1.82, 2.24) is 4.90 Å². The molecule has 0 heterocycles. The molecule has 0 aliphatic carbocycles. The maximum Gasteiger partial charge on any atom is 0.323 e. The topological polar surface area (TPSA) is 91.8 Å². The third kappa shape index (κ3) is 3.48. The molecule has 0 aromatic rings. The third-order valence-electron chi connectivity index (χ3n) is 2.25. The van der Waals surface area contributed by atoms with Crippen molar-refractivity contribution >= 4 is 21.7 Å². The number of amides is 1. The SMILES string of the molecule is CC(C)S(=O)(=O)C(C)C(=O)N(C)CC(=O)O. The van der Waals surface area contributed by atoms with Gasteiger partial charge in [-0.3, -0.25) is 9.59 Å². The van der Waals surface area contributed by atoms with Crippen LogP contribution >= 0.6 is 0 Å². The van der Waals surface area contributed by atoms with Crippen molar-refractivity contribution in [3.8, 4) is 0 Å². The molecular weight excluding hydrogens is 234 g/mol. The van der Waals surface area contributed by atoms with Crippen LogP contribution in [0.3, 0.4) is 0 Å². The quantitative estimate of drug-likeness (QED) is 0.727. The summed E-state index contributed by atoms with van der Waals surface area (Å²) in [5.41, 5.74) is 0. The van der Waals surface area contributed by atoms with E-state index in [1.54, 1.807) is 0 Å². The zero-order valence-corrected chi connectivity index (χ0v) is 10.6. The van der Waals surface area contributed by atoms with Crippen LogP contribution in [0.4, 0.5) is 0 Å². The number of carboxylic acids is 1. The molecule has 16 heavy (non-hydrogen) atoms. The molecule has 0 saturated carbocycles. The zero-order valence-electron chi connectivity index (χ0n) is 9.80. The highest BCUT2D eigenvalue weighted by atomic mass is 32.2. The van der Waals surface area contributed by atoms with Gasteiger partial charge in [-0.1, -0.05) is 0 Å². The van der Waals surface area contributed by atoms with E-state index in [-0.39, 0.29) is 0 Å². The molecule has 1 N–H and O–H groups in total. The monoisotopic (exact) mass is 251 g/mol. The van der Waals surface area contributed by atoms with Gasteiger partial charge in [-0.15, -0.1) is 0 Å². The number of carbonyl (C=O) groups is 2. The first-order chi connectivity index (χ1) is 7.10. The van der Waals surface area contributed by atoms with Gasteiger partial charge in [0.2, 0.25) is 5.91 Å². The van der Waals surface area contributed by atoms with Gasteiger partial charge < -0.3 is 10.0 Å². The van der Waals surface area contributed by atoms with Crippen LogP contribution in [0.1, 0.15) is 20.8 Å². The van der Waals surface area contributed by atoms with Gasteiger partial charge in [0.25, 0.3) is 0 Å². The van der Waals surface area contributed by atoms with Crippen molar-refractivity contribution < 1.29 is 23.1 Å². The smallest absolute Gasteiger partial charge is 0.323 e. The molecule has 1 atom stereocenters. The second-order valence-corrected chi connectivity index (χ2v) is 6.70. The molecule has 6 nitrogen and oxygen atoms in total. The molecular formula is C9H17NO5S. The molecule has 0 aliphatic heterocycles. The summed E-state index contributed by atoms with van der Waals surface area (Å²) in [5, 5.41) is 6.61. The first kappa shape index (κ1) is 14.9. The maximum atomic E-state index is 11.7. The maximum absolute atomic E-state index is 11.7. The van der Waals surface area contributed by atoms with Crippen LogP contribution in [0.5, 0.6) is 0 Å². The predicted octanol–water partition coefficient (Wildman–Crippen LogP) is -0.259. The standard InChI is InChI=1S/C9H17NO5S/c1-6(2)16(14,15)7(3)9(13)10(4)5-8(11)12/h6-7H,5H2,1-4H3,(H,11,12). The molecule has 0 aliphatic rings. The molecule has 0 aromatic heterocycles. The van der Waals surface area contributed by atoms with Gasteiger partial charge in [0.1, 0.15) is 11.8 Å². The van der Waals surface area contributed by atoms with Crippen LogP contribution in [0.25, 0.3) is 0 Å². The normalized spacial score (nSPS) is 13.6. The molecule has 1 amide bonds. The molecule has 0 radical (unpaired) electrons. The van der Waals surface area contributed by atoms with Gasteiger partial charge in [-0.05, 0) is 20.8 Å². The Morgan fingerprint density at radius 2 is 1.69 bits per heavy atom. The Kier molecular flexibility index (Phi) is 4.92. The van der Waals surface area contributed by atoms with Gasteiger partial charge in [0.15, 0.2) is 9.84 Å². The van der Waals surface area contributed by atoms with E-state index in [9.17, 15) is 18.0 Å². The second-order valence-electron chi connectivity index (χ2n) is 3.87. The van der Waals surface area contributed by atoms with Crippen LogP contribution in [0.15, 0.2) is 0 Å². The van der Waals surface area contributed by atoms with E-state index in [1.165, 1.54) is 27.8 Å². The van der Waals surface area contributed by atoms with E-state index in [0.29, 0.717) is 0 Å². The molecule has 7 heteroatoms. The number of nitrogens with zero attached hydrogens (tertiary/aromatic N) is 1. The van der Waals surface area contributed by atoms with Crippen LogP contribution in [-0.4, -0.2) is 54.4 Å². The number of sulfone groups is 1. The summed E-state index contributed by atoms with van der Waals surface area (Å²) in [6, 6.07) is 0. The van der Waals surface area contributed by atoms with Crippen molar-refractivity contribution in [2.75, 3.05) is 13.6 Å². The Balaban J connectivity index is 4.82. The summed E-state index contributed by atoms with van der Waals surface area (Å²) in [4.78, 5) is 22.9. The largest absolute Gasteiger partial charge is 0.480 e. The minimum atomic E-state index is -3.54. The van der Waals surface area contributed by atoms with E-state index in [2.05, 4.69) is 0 Å². The van der Waals surface area contributed by atoms with E-state index in [1.807, 2.05) is 0 Å². The van der Waals surface area contributed by atoms with Crippen molar-refractivity contribution in [2.45, 2.75) is 31.3 Å². The van der Waals surface area contributed by atoms with E-state index < -0.39 is 38.8 Å². The first-order valence-corrected chi connectivity index (χ1v) is 6.41. The van der Waals surface area contributed by atoms with E-state index >= 15 is 0 Å². The second kappa shape index (κ2) is 5.29. The van der Waals surface area contributed by atoms with Crippen LogP contribution in [0.2, 0.25) is 0 Å². The summed E-state index contributed by atoms with van der Waals surface area (Å²) < 4.78 is 23.3. The number of carboxylic acid groups (broad SMARTS) is 1. The average Bonchev–Trinajstić information content (AvgIpc) is 2.13. The van der Waals surface area contributed by atoms with Crippen LogP contribution in [-0.2, 0) is 19.4 Å². The zero-order chi connectivity index (χ0) is 13.1. The van der Waals surface area contributed by atoms with Gasteiger partial charge in [0.05, 0.1) is 5.25 Å². The highest BCUT2D eigenvalue weighted by Gasteiger charge is 2.32. The Bertz CT molecular complexity index is 373. The Hall–Kier alpha value is -1.11. The van der Waals surface area contributed by atoms with Gasteiger partial charge in [-0.25, -0.2) is 8.42 Å². The molecule has 94 valence electrons. The third-order valence-corrected chi connectivity index (χ3v) is 4.75.